The number of thiazole rings is 1. The minimum Gasteiger partial charge on any atom is -0.259 e. The lowest BCUT2D eigenvalue weighted by Gasteiger charge is -2.03. The normalized spacial score (nSPS) is 16.1. The fourth-order valence-corrected chi connectivity index (χ4v) is 3.87. The van der Waals surface area contributed by atoms with Crippen LogP contribution in [0.3, 0.4) is 0 Å². The van der Waals surface area contributed by atoms with Gasteiger partial charge in [-0.05, 0) is 25.7 Å². The number of hydrogen-bond donors (Lipinski definition) is 1. The smallest absolute Gasteiger partial charge is 0.234 e. The third-order valence-electron chi connectivity index (χ3n) is 2.56. The van der Waals surface area contributed by atoms with Gasteiger partial charge in [0.15, 0.2) is 5.13 Å². The summed E-state index contributed by atoms with van der Waals surface area (Å²) in [4.78, 5) is 4.29. The summed E-state index contributed by atoms with van der Waals surface area (Å²) in [7, 11) is -3.26. The Morgan fingerprint density at radius 3 is 2.88 bits per heavy atom. The average Bonchev–Trinajstić information content (AvgIpc) is 3.01. The van der Waals surface area contributed by atoms with Crippen LogP contribution in [-0.4, -0.2) is 25.0 Å². The van der Waals surface area contributed by atoms with Gasteiger partial charge in [0, 0.05) is 17.2 Å². The Morgan fingerprint density at radius 2 is 2.24 bits per heavy atom. The lowest BCUT2D eigenvalue weighted by atomic mass is 10.3. The maximum Gasteiger partial charge on any atom is 0.234 e. The van der Waals surface area contributed by atoms with E-state index in [-0.39, 0.29) is 5.75 Å². The molecule has 0 atom stereocenters. The SMILES string of the molecule is O=S(=O)(CCCCCl)Nc1nc(C2CC2)cs1. The Bertz CT molecular complexity index is 468. The molecule has 1 aliphatic carbocycles. The van der Waals surface area contributed by atoms with Crippen LogP contribution in [0.15, 0.2) is 5.38 Å². The van der Waals surface area contributed by atoms with E-state index in [1.54, 1.807) is 0 Å². The van der Waals surface area contributed by atoms with Crippen LogP contribution in [-0.2, 0) is 10.0 Å². The van der Waals surface area contributed by atoms with Crippen molar-refractivity contribution in [3.8, 4) is 0 Å². The summed E-state index contributed by atoms with van der Waals surface area (Å²) in [6.45, 7) is 0. The molecule has 1 heterocycles. The van der Waals surface area contributed by atoms with Crippen molar-refractivity contribution in [1.82, 2.24) is 4.98 Å². The molecule has 7 heteroatoms. The molecule has 2 rings (SSSR count). The molecular formula is C10H15ClN2O2S2. The van der Waals surface area contributed by atoms with Gasteiger partial charge in [-0.2, -0.15) is 0 Å². The van der Waals surface area contributed by atoms with E-state index >= 15 is 0 Å². The molecule has 1 saturated carbocycles. The minimum absolute atomic E-state index is 0.109. The van der Waals surface area contributed by atoms with Crippen molar-refractivity contribution in [1.29, 1.82) is 0 Å². The largest absolute Gasteiger partial charge is 0.259 e. The van der Waals surface area contributed by atoms with Gasteiger partial charge in [-0.15, -0.1) is 22.9 Å². The Morgan fingerprint density at radius 1 is 1.47 bits per heavy atom. The highest BCUT2D eigenvalue weighted by atomic mass is 35.5. The quantitative estimate of drug-likeness (QED) is 0.621. The van der Waals surface area contributed by atoms with E-state index in [1.165, 1.54) is 24.2 Å². The van der Waals surface area contributed by atoms with Crippen LogP contribution in [0.2, 0.25) is 0 Å². The van der Waals surface area contributed by atoms with Gasteiger partial charge in [0.2, 0.25) is 10.0 Å². The second-order valence-electron chi connectivity index (χ2n) is 4.17. The van der Waals surface area contributed by atoms with Gasteiger partial charge in [-0.3, -0.25) is 4.72 Å². The second kappa shape index (κ2) is 5.54. The molecule has 96 valence electrons. The number of nitrogens with zero attached hydrogens (tertiary/aromatic N) is 1. The van der Waals surface area contributed by atoms with E-state index in [0.29, 0.717) is 29.8 Å². The first-order valence-electron chi connectivity index (χ1n) is 5.62. The molecule has 1 aromatic heterocycles. The number of aromatic nitrogens is 1. The topological polar surface area (TPSA) is 59.1 Å². The molecule has 0 radical (unpaired) electrons. The van der Waals surface area contributed by atoms with Crippen LogP contribution in [0.1, 0.15) is 37.3 Å². The van der Waals surface area contributed by atoms with Gasteiger partial charge >= 0.3 is 0 Å². The third kappa shape index (κ3) is 4.12. The van der Waals surface area contributed by atoms with Crippen molar-refractivity contribution in [3.05, 3.63) is 11.1 Å². The lowest BCUT2D eigenvalue weighted by molar-refractivity contribution is 0.598. The fourth-order valence-electron chi connectivity index (χ4n) is 1.47. The lowest BCUT2D eigenvalue weighted by Crippen LogP contribution is -2.16. The van der Waals surface area contributed by atoms with E-state index in [0.717, 1.165) is 5.69 Å². The minimum atomic E-state index is -3.26. The molecule has 0 amide bonds. The number of nitrogens with one attached hydrogen (secondary N) is 1. The van der Waals surface area contributed by atoms with Crippen molar-refractivity contribution in [2.24, 2.45) is 0 Å². The van der Waals surface area contributed by atoms with Crippen LogP contribution >= 0.6 is 22.9 Å². The molecular weight excluding hydrogens is 280 g/mol. The third-order valence-corrected chi connectivity index (χ3v) is 5.06. The number of unbranched alkanes of at least 4 members (excludes halogenated alkanes) is 1. The van der Waals surface area contributed by atoms with E-state index in [1.807, 2.05) is 5.38 Å². The van der Waals surface area contributed by atoms with Gasteiger partial charge in [-0.1, -0.05) is 0 Å². The number of rotatable bonds is 7. The van der Waals surface area contributed by atoms with Gasteiger partial charge in [-0.25, -0.2) is 13.4 Å². The Kier molecular flexibility index (Phi) is 4.27. The van der Waals surface area contributed by atoms with Gasteiger partial charge in [0.05, 0.1) is 11.4 Å². The molecule has 0 aromatic carbocycles. The molecule has 1 fully saturated rings. The summed E-state index contributed by atoms with van der Waals surface area (Å²) in [6.07, 6.45) is 3.64. The molecule has 4 nitrogen and oxygen atoms in total. The zero-order valence-electron chi connectivity index (χ0n) is 9.36. The highest BCUT2D eigenvalue weighted by Crippen LogP contribution is 2.40. The van der Waals surface area contributed by atoms with Gasteiger partial charge in [0.1, 0.15) is 0 Å². The van der Waals surface area contributed by atoms with Crippen LogP contribution in [0.5, 0.6) is 0 Å². The van der Waals surface area contributed by atoms with Crippen molar-refractivity contribution >= 4 is 38.1 Å². The Hall–Kier alpha value is -0.330. The molecule has 0 bridgehead atoms. The molecule has 1 N–H and O–H groups in total. The predicted molar refractivity (Wildman–Crippen MR) is 71.5 cm³/mol. The molecule has 0 unspecified atom stereocenters. The summed E-state index contributed by atoms with van der Waals surface area (Å²) < 4.78 is 25.9. The molecule has 0 aliphatic heterocycles. The zero-order chi connectivity index (χ0) is 12.3. The number of alkyl halides is 1. The van der Waals surface area contributed by atoms with Crippen molar-refractivity contribution in [2.75, 3.05) is 16.4 Å². The summed E-state index contributed by atoms with van der Waals surface area (Å²) >= 11 is 6.87. The van der Waals surface area contributed by atoms with Crippen LogP contribution < -0.4 is 4.72 Å². The summed E-state index contributed by atoms with van der Waals surface area (Å²) in [5.41, 5.74) is 1.02. The monoisotopic (exact) mass is 294 g/mol. The molecule has 17 heavy (non-hydrogen) atoms. The first kappa shape index (κ1) is 13.1. The average molecular weight is 295 g/mol. The van der Waals surface area contributed by atoms with E-state index in [2.05, 4.69) is 9.71 Å². The maximum absolute atomic E-state index is 11.7. The van der Waals surface area contributed by atoms with E-state index in [4.69, 9.17) is 11.6 Å². The Labute approximate surface area is 110 Å². The molecule has 1 aromatic rings. The number of halogens is 1. The van der Waals surface area contributed by atoms with Crippen LogP contribution in [0.25, 0.3) is 0 Å². The molecule has 0 saturated heterocycles. The van der Waals surface area contributed by atoms with Crippen molar-refractivity contribution in [3.63, 3.8) is 0 Å². The summed E-state index contributed by atoms with van der Waals surface area (Å²) in [6, 6.07) is 0. The zero-order valence-corrected chi connectivity index (χ0v) is 11.7. The summed E-state index contributed by atoms with van der Waals surface area (Å²) in [5, 5.41) is 2.42. The van der Waals surface area contributed by atoms with E-state index in [9.17, 15) is 8.42 Å². The number of sulfonamides is 1. The maximum atomic E-state index is 11.7. The molecule has 0 spiro atoms. The van der Waals surface area contributed by atoms with Crippen LogP contribution in [0, 0.1) is 0 Å². The predicted octanol–water partition coefficient (Wildman–Crippen LogP) is 2.78. The van der Waals surface area contributed by atoms with Crippen molar-refractivity contribution < 1.29 is 8.42 Å². The summed E-state index contributed by atoms with van der Waals surface area (Å²) in [5.74, 6) is 1.16. The Balaban J connectivity index is 1.89. The number of hydrogen-bond acceptors (Lipinski definition) is 4. The van der Waals surface area contributed by atoms with Gasteiger partial charge < -0.3 is 0 Å². The van der Waals surface area contributed by atoms with Gasteiger partial charge in [0.25, 0.3) is 0 Å². The first-order valence-corrected chi connectivity index (χ1v) is 8.69. The first-order chi connectivity index (χ1) is 8.11. The highest BCUT2D eigenvalue weighted by molar-refractivity contribution is 7.92. The number of anilines is 1. The standard InChI is InChI=1S/C10H15ClN2O2S2/c11-5-1-2-6-17(14,15)13-10-12-9(7-16-10)8-3-4-8/h7-8H,1-6H2,(H,12,13). The molecule has 1 aliphatic rings. The van der Waals surface area contributed by atoms with Crippen LogP contribution in [0.4, 0.5) is 5.13 Å². The highest BCUT2D eigenvalue weighted by Gasteiger charge is 2.26. The second-order valence-corrected chi connectivity index (χ2v) is 7.25. The van der Waals surface area contributed by atoms with Crippen molar-refractivity contribution in [2.45, 2.75) is 31.6 Å². The van der Waals surface area contributed by atoms with E-state index < -0.39 is 10.0 Å². The fraction of sp³-hybridized carbons (Fsp3) is 0.700.